The zero-order chi connectivity index (χ0) is 24.7. The lowest BCUT2D eigenvalue weighted by atomic mass is 9.69. The highest BCUT2D eigenvalue weighted by Crippen LogP contribution is 2.43. The van der Waals surface area contributed by atoms with E-state index in [1.54, 1.807) is 12.1 Å². The number of primary amides is 1. The molecule has 9 nitrogen and oxygen atoms in total. The van der Waals surface area contributed by atoms with Crippen molar-refractivity contribution in [2.45, 2.75) is 32.2 Å². The maximum atomic E-state index is 11.7. The Balaban J connectivity index is 1.46. The third-order valence-corrected chi connectivity index (χ3v) is 7.75. The minimum absolute atomic E-state index is 0.196. The van der Waals surface area contributed by atoms with Crippen LogP contribution in [0.15, 0.2) is 36.4 Å². The fourth-order valence-corrected chi connectivity index (χ4v) is 5.52. The van der Waals surface area contributed by atoms with E-state index in [4.69, 9.17) is 30.2 Å². The van der Waals surface area contributed by atoms with E-state index in [9.17, 15) is 4.79 Å². The molecule has 4 heterocycles. The Bertz CT molecular complexity index is 1290. The van der Waals surface area contributed by atoms with Crippen molar-refractivity contribution in [3.05, 3.63) is 42.0 Å². The molecule has 2 N–H and O–H groups in total. The zero-order valence-electron chi connectivity index (χ0n) is 20.7. The Kier molecular flexibility index (Phi) is 5.97. The second kappa shape index (κ2) is 9.29. The van der Waals surface area contributed by atoms with E-state index in [1.165, 1.54) is 19.3 Å². The third-order valence-electron chi connectivity index (χ3n) is 7.75. The van der Waals surface area contributed by atoms with Crippen molar-refractivity contribution in [2.24, 2.45) is 11.1 Å². The van der Waals surface area contributed by atoms with Crippen molar-refractivity contribution in [1.29, 1.82) is 0 Å². The number of nitrogens with zero attached hydrogens (tertiary/aromatic N) is 5. The first kappa shape index (κ1) is 23.1. The lowest BCUT2D eigenvalue weighted by Gasteiger charge is -2.42. The number of hydrogen-bond donors (Lipinski definition) is 1. The Morgan fingerprint density at radius 3 is 2.72 bits per heavy atom. The van der Waals surface area contributed by atoms with Gasteiger partial charge in [-0.2, -0.15) is 9.97 Å². The van der Waals surface area contributed by atoms with Crippen molar-refractivity contribution >= 4 is 28.7 Å². The molecule has 0 unspecified atom stereocenters. The predicted molar refractivity (Wildman–Crippen MR) is 138 cm³/mol. The molecule has 3 fully saturated rings. The van der Waals surface area contributed by atoms with E-state index in [0.29, 0.717) is 37.0 Å². The van der Waals surface area contributed by atoms with Gasteiger partial charge in [-0.05, 0) is 44.0 Å². The molecule has 0 bridgehead atoms. The van der Waals surface area contributed by atoms with Crippen LogP contribution in [0.2, 0.25) is 0 Å². The summed E-state index contributed by atoms with van der Waals surface area (Å²) in [5.74, 6) is 1.13. The van der Waals surface area contributed by atoms with Crippen molar-refractivity contribution in [1.82, 2.24) is 15.0 Å². The number of carbonyl (C=O) groups excluding carboxylic acids is 1. The Morgan fingerprint density at radius 2 is 1.94 bits per heavy atom. The molecule has 2 aliphatic heterocycles. The number of anilines is 2. The quantitative estimate of drug-likeness (QED) is 0.597. The van der Waals surface area contributed by atoms with Crippen molar-refractivity contribution in [2.75, 3.05) is 55.9 Å². The molecule has 1 saturated carbocycles. The fraction of sp³-hybridized carbons (Fsp3) is 0.481. The number of carbonyl (C=O) groups is 1. The van der Waals surface area contributed by atoms with Gasteiger partial charge in [0, 0.05) is 36.2 Å². The number of hydrogen-bond acceptors (Lipinski definition) is 8. The molecular weight excluding hydrogens is 456 g/mol. The van der Waals surface area contributed by atoms with Gasteiger partial charge in [0.1, 0.15) is 5.82 Å². The van der Waals surface area contributed by atoms with Crippen molar-refractivity contribution in [3.8, 4) is 11.3 Å². The molecule has 188 valence electrons. The fourth-order valence-electron chi connectivity index (χ4n) is 5.52. The number of rotatable bonds is 4. The first-order valence-corrected chi connectivity index (χ1v) is 12.8. The summed E-state index contributed by atoms with van der Waals surface area (Å²) in [6.07, 6.45) is 3.62. The average Bonchev–Trinajstić information content (AvgIpc) is 3.12. The highest BCUT2D eigenvalue weighted by atomic mass is 16.5. The van der Waals surface area contributed by atoms with Crippen LogP contribution in [-0.2, 0) is 9.47 Å². The predicted octanol–water partition coefficient (Wildman–Crippen LogP) is 3.02. The van der Waals surface area contributed by atoms with E-state index in [0.717, 1.165) is 48.7 Å². The molecule has 0 radical (unpaired) electrons. The summed E-state index contributed by atoms with van der Waals surface area (Å²) < 4.78 is 11.7. The summed E-state index contributed by atoms with van der Waals surface area (Å²) >= 11 is 0. The van der Waals surface area contributed by atoms with Crippen molar-refractivity contribution < 1.29 is 14.3 Å². The summed E-state index contributed by atoms with van der Waals surface area (Å²) in [4.78, 5) is 31.4. The van der Waals surface area contributed by atoms with Crippen LogP contribution in [-0.4, -0.2) is 73.0 Å². The second-order valence-electron chi connectivity index (χ2n) is 10.3. The van der Waals surface area contributed by atoms with Crippen LogP contribution in [0, 0.1) is 5.41 Å². The van der Waals surface area contributed by atoms with Gasteiger partial charge in [-0.1, -0.05) is 18.6 Å². The number of morpholine rings is 1. The summed E-state index contributed by atoms with van der Waals surface area (Å²) in [5.41, 5.74) is 8.37. The van der Waals surface area contributed by atoms with Crippen LogP contribution in [0.1, 0.15) is 36.5 Å². The maximum absolute atomic E-state index is 11.7. The molecule has 1 aliphatic carbocycles. The van der Waals surface area contributed by atoms with Gasteiger partial charge in [0.25, 0.3) is 0 Å². The molecular formula is C27H32N6O3. The van der Waals surface area contributed by atoms with Crippen molar-refractivity contribution in [3.63, 3.8) is 0 Å². The zero-order valence-corrected chi connectivity index (χ0v) is 20.7. The van der Waals surface area contributed by atoms with Crippen LogP contribution in [0.3, 0.4) is 0 Å². The second-order valence-corrected chi connectivity index (χ2v) is 10.3. The molecule has 1 atom stereocenters. The Labute approximate surface area is 210 Å². The van der Waals surface area contributed by atoms with E-state index in [2.05, 4.69) is 16.7 Å². The molecule has 3 aliphatic rings. The Morgan fingerprint density at radius 1 is 1.08 bits per heavy atom. The molecule has 36 heavy (non-hydrogen) atoms. The topological polar surface area (TPSA) is 107 Å². The van der Waals surface area contributed by atoms with E-state index < -0.39 is 5.91 Å². The molecule has 2 aromatic heterocycles. The molecule has 1 spiro atoms. The van der Waals surface area contributed by atoms with Gasteiger partial charge in [-0.15, -0.1) is 0 Å². The van der Waals surface area contributed by atoms with E-state index in [-0.39, 0.29) is 11.5 Å². The monoisotopic (exact) mass is 488 g/mol. The minimum atomic E-state index is -0.459. The first-order valence-electron chi connectivity index (χ1n) is 12.8. The van der Waals surface area contributed by atoms with Crippen LogP contribution in [0.4, 0.5) is 11.8 Å². The van der Waals surface area contributed by atoms with Gasteiger partial charge in [0.15, 0.2) is 5.65 Å². The van der Waals surface area contributed by atoms with Gasteiger partial charge in [0.2, 0.25) is 11.9 Å². The van der Waals surface area contributed by atoms with Crippen LogP contribution >= 0.6 is 0 Å². The molecule has 1 amide bonds. The summed E-state index contributed by atoms with van der Waals surface area (Å²) in [6.45, 7) is 7.38. The smallest absolute Gasteiger partial charge is 0.248 e. The standard InChI is InChI=1S/C27H32N6O3/c1-18-15-35-13-11-33(18)25-21-6-7-22(19-4-2-5-20(14-19)23(28)34)29-24(21)30-26(31-25)32-10-12-36-17-27(16-32)8-3-9-27/h2,4-7,14,18H,3,8-13,15-17H2,1H3,(H2,28,34)/t18-/m0/s1. The number of fused-ring (bicyclic) bond motifs is 1. The largest absolute Gasteiger partial charge is 0.379 e. The summed E-state index contributed by atoms with van der Waals surface area (Å²) in [5, 5.41) is 0.909. The summed E-state index contributed by atoms with van der Waals surface area (Å²) in [7, 11) is 0. The molecule has 6 rings (SSSR count). The summed E-state index contributed by atoms with van der Waals surface area (Å²) in [6, 6.07) is 11.4. The van der Waals surface area contributed by atoms with Crippen LogP contribution in [0.5, 0.6) is 0 Å². The maximum Gasteiger partial charge on any atom is 0.248 e. The molecule has 3 aromatic rings. The lowest BCUT2D eigenvalue weighted by Crippen LogP contribution is -2.45. The van der Waals surface area contributed by atoms with Gasteiger partial charge >= 0.3 is 0 Å². The number of benzene rings is 1. The third kappa shape index (κ3) is 4.26. The van der Waals surface area contributed by atoms with Gasteiger partial charge in [-0.3, -0.25) is 4.79 Å². The SMILES string of the molecule is C[C@H]1COCCN1c1nc(N2CCOCC3(CCC3)C2)nc2nc(-c3cccc(C(N)=O)c3)ccc12. The van der Waals surface area contributed by atoms with Gasteiger partial charge < -0.3 is 25.0 Å². The van der Waals surface area contributed by atoms with Crippen LogP contribution < -0.4 is 15.5 Å². The number of nitrogens with two attached hydrogens (primary N) is 1. The Hall–Kier alpha value is -3.30. The number of ether oxygens (including phenoxy) is 2. The number of aromatic nitrogens is 3. The van der Waals surface area contributed by atoms with Crippen LogP contribution in [0.25, 0.3) is 22.3 Å². The molecule has 9 heteroatoms. The van der Waals surface area contributed by atoms with Gasteiger partial charge in [0.05, 0.1) is 43.5 Å². The average molecular weight is 489 g/mol. The van der Waals surface area contributed by atoms with E-state index >= 15 is 0 Å². The highest BCUT2D eigenvalue weighted by molar-refractivity contribution is 5.94. The molecule has 1 aromatic carbocycles. The number of pyridine rings is 1. The first-order chi connectivity index (χ1) is 17.5. The van der Waals surface area contributed by atoms with Gasteiger partial charge in [-0.25, -0.2) is 4.98 Å². The normalized spacial score (nSPS) is 21.9. The lowest BCUT2D eigenvalue weighted by molar-refractivity contribution is 0.0187. The minimum Gasteiger partial charge on any atom is -0.379 e. The molecule has 2 saturated heterocycles. The highest BCUT2D eigenvalue weighted by Gasteiger charge is 2.41. The van der Waals surface area contributed by atoms with E-state index in [1.807, 2.05) is 24.3 Å². The number of amides is 1.